The van der Waals surface area contributed by atoms with Crippen molar-refractivity contribution in [3.05, 3.63) is 131 Å². The number of aromatic hydroxyl groups is 2. The van der Waals surface area contributed by atoms with Crippen molar-refractivity contribution in [2.75, 3.05) is 55.6 Å². The van der Waals surface area contributed by atoms with Gasteiger partial charge >= 0.3 is 0 Å². The number of nitrogens with zero attached hydrogens (tertiary/aromatic N) is 4. The van der Waals surface area contributed by atoms with Gasteiger partial charge in [-0.25, -0.2) is 0 Å². The van der Waals surface area contributed by atoms with E-state index in [2.05, 4.69) is 81.2 Å². The molecule has 55 heavy (non-hydrogen) atoms. The largest absolute Gasteiger partial charge is 0.508 e. The van der Waals surface area contributed by atoms with E-state index in [1.807, 2.05) is 18.2 Å². The summed E-state index contributed by atoms with van der Waals surface area (Å²) in [6.07, 6.45) is 5.62. The Balaban J connectivity index is 0.783. The van der Waals surface area contributed by atoms with E-state index in [-0.39, 0.29) is 23.5 Å². The minimum atomic E-state index is -0.432. The van der Waals surface area contributed by atoms with E-state index in [1.54, 1.807) is 17.0 Å². The Morgan fingerprint density at radius 1 is 0.673 bits per heavy atom. The minimum Gasteiger partial charge on any atom is -0.508 e. The molecule has 0 bridgehead atoms. The number of hydrogen-bond acceptors (Lipinski definition) is 7. The molecule has 5 aliphatic rings. The highest BCUT2D eigenvalue weighted by Gasteiger charge is 2.38. The van der Waals surface area contributed by atoms with Crippen LogP contribution in [0.25, 0.3) is 0 Å². The molecule has 9 nitrogen and oxygen atoms in total. The first-order valence-electron chi connectivity index (χ1n) is 20.1. The molecule has 0 spiro atoms. The van der Waals surface area contributed by atoms with Gasteiger partial charge in [-0.1, -0.05) is 36.9 Å². The molecular weight excluding hydrogens is 687 g/mol. The van der Waals surface area contributed by atoms with Crippen molar-refractivity contribution in [3.8, 4) is 11.5 Å². The Hall–Kier alpha value is -5.28. The van der Waals surface area contributed by atoms with Gasteiger partial charge in [0.2, 0.25) is 5.91 Å². The monoisotopic (exact) mass is 737 g/mol. The second-order valence-corrected chi connectivity index (χ2v) is 16.3. The number of nitrogens with one attached hydrogen (secondary N) is 1. The Bertz CT molecular complexity index is 2080. The molecule has 4 heterocycles. The van der Waals surface area contributed by atoms with Crippen molar-refractivity contribution in [3.63, 3.8) is 0 Å². The summed E-state index contributed by atoms with van der Waals surface area (Å²) in [5.41, 5.74) is 9.94. The number of carbonyl (C=O) groups excluding carboxylic acids is 2. The normalized spacial score (nSPS) is 23.5. The van der Waals surface area contributed by atoms with Gasteiger partial charge in [0.1, 0.15) is 17.5 Å². The lowest BCUT2D eigenvalue weighted by Crippen LogP contribution is -2.49. The Labute approximate surface area is 323 Å². The number of hydrogen-bond donors (Lipinski definition) is 3. The van der Waals surface area contributed by atoms with Crippen molar-refractivity contribution in [2.45, 2.75) is 62.9 Å². The predicted molar refractivity (Wildman–Crippen MR) is 216 cm³/mol. The van der Waals surface area contributed by atoms with Crippen LogP contribution in [-0.2, 0) is 17.8 Å². The van der Waals surface area contributed by atoms with Crippen molar-refractivity contribution < 1.29 is 19.8 Å². The highest BCUT2D eigenvalue weighted by atomic mass is 16.3. The van der Waals surface area contributed by atoms with E-state index in [1.165, 1.54) is 40.8 Å². The summed E-state index contributed by atoms with van der Waals surface area (Å²) in [4.78, 5) is 35.2. The molecule has 9 heteroatoms. The number of piperidine rings is 2. The van der Waals surface area contributed by atoms with Gasteiger partial charge in [0.05, 0.1) is 0 Å². The van der Waals surface area contributed by atoms with Crippen LogP contribution >= 0.6 is 0 Å². The second kappa shape index (κ2) is 14.8. The van der Waals surface area contributed by atoms with E-state index in [4.69, 9.17) is 0 Å². The maximum absolute atomic E-state index is 13.2. The van der Waals surface area contributed by atoms with Crippen LogP contribution < -0.4 is 15.1 Å². The molecule has 3 atom stereocenters. The molecule has 3 N–H and O–H groups in total. The van der Waals surface area contributed by atoms with E-state index < -0.39 is 6.04 Å². The fourth-order valence-electron chi connectivity index (χ4n) is 9.96. The number of anilines is 2. The zero-order valence-corrected chi connectivity index (χ0v) is 31.5. The molecule has 4 aromatic carbocycles. The van der Waals surface area contributed by atoms with Crippen LogP contribution in [0.4, 0.5) is 11.4 Å². The Morgan fingerprint density at radius 3 is 2.11 bits per heavy atom. The highest BCUT2D eigenvalue weighted by molar-refractivity contribution is 6.01. The maximum atomic E-state index is 13.2. The van der Waals surface area contributed by atoms with Gasteiger partial charge in [-0.15, -0.1) is 0 Å². The van der Waals surface area contributed by atoms with Crippen molar-refractivity contribution in [1.82, 2.24) is 15.1 Å². The molecule has 2 amide bonds. The molecule has 3 fully saturated rings. The molecule has 4 aliphatic heterocycles. The van der Waals surface area contributed by atoms with Crippen molar-refractivity contribution >= 4 is 23.2 Å². The lowest BCUT2D eigenvalue weighted by molar-refractivity contribution is -0.126. The first-order valence-corrected chi connectivity index (χ1v) is 20.1. The summed E-state index contributed by atoms with van der Waals surface area (Å²) in [5, 5.41) is 23.0. The number of rotatable bonds is 7. The fourth-order valence-corrected chi connectivity index (χ4v) is 9.96. The third-order valence-electron chi connectivity index (χ3n) is 13.0. The number of phenols is 2. The van der Waals surface area contributed by atoms with E-state index >= 15 is 0 Å². The molecule has 284 valence electrons. The number of phenolic OH excluding ortho intramolecular Hbond substituents is 2. The number of benzene rings is 4. The number of aryl methyl sites for hydroxylation is 1. The number of piperazine rings is 1. The third kappa shape index (κ3) is 7.06. The average Bonchev–Trinajstić information content (AvgIpc) is 3.53. The molecule has 0 saturated carbocycles. The smallest absolute Gasteiger partial charge is 0.255 e. The van der Waals surface area contributed by atoms with Crippen LogP contribution in [-0.4, -0.2) is 83.7 Å². The van der Waals surface area contributed by atoms with E-state index in [0.29, 0.717) is 37.0 Å². The summed E-state index contributed by atoms with van der Waals surface area (Å²) in [7, 11) is 0. The molecule has 9 rings (SSSR count). The van der Waals surface area contributed by atoms with Crippen LogP contribution in [0.5, 0.6) is 11.5 Å². The molecule has 1 unspecified atom stereocenters. The van der Waals surface area contributed by atoms with Gasteiger partial charge in [0.15, 0.2) is 0 Å². The van der Waals surface area contributed by atoms with Gasteiger partial charge in [-0.3, -0.25) is 14.5 Å². The fraction of sp³-hybridized carbons (Fsp3) is 0.391. The lowest BCUT2D eigenvalue weighted by Gasteiger charge is -2.40. The summed E-state index contributed by atoms with van der Waals surface area (Å²) in [6, 6.07) is 28.5. The van der Waals surface area contributed by atoms with Crippen molar-refractivity contribution in [1.29, 1.82) is 0 Å². The summed E-state index contributed by atoms with van der Waals surface area (Å²) >= 11 is 0. The topological polar surface area (TPSA) is 99.6 Å². The molecule has 0 aromatic heterocycles. The minimum absolute atomic E-state index is 0.0460. The highest BCUT2D eigenvalue weighted by Crippen LogP contribution is 2.47. The Kier molecular flexibility index (Phi) is 9.50. The van der Waals surface area contributed by atoms with Crippen molar-refractivity contribution in [2.24, 2.45) is 5.92 Å². The number of allylic oxidation sites excluding steroid dienone is 1. The van der Waals surface area contributed by atoms with E-state index in [9.17, 15) is 19.8 Å². The summed E-state index contributed by atoms with van der Waals surface area (Å²) in [6.45, 7) is 11.6. The van der Waals surface area contributed by atoms with Gasteiger partial charge in [0, 0.05) is 80.9 Å². The van der Waals surface area contributed by atoms with Crippen LogP contribution in [0, 0.1) is 5.92 Å². The van der Waals surface area contributed by atoms with Gasteiger partial charge in [-0.2, -0.15) is 0 Å². The summed E-state index contributed by atoms with van der Waals surface area (Å²) in [5.74, 6) is 1.61. The van der Waals surface area contributed by atoms with Gasteiger partial charge in [-0.05, 0) is 133 Å². The first kappa shape index (κ1) is 35.4. The number of amides is 2. The van der Waals surface area contributed by atoms with Crippen LogP contribution in [0.1, 0.15) is 82.1 Å². The molecule has 1 aliphatic carbocycles. The molecule has 4 aromatic rings. The van der Waals surface area contributed by atoms with Crippen LogP contribution in [0.2, 0.25) is 0 Å². The summed E-state index contributed by atoms with van der Waals surface area (Å²) < 4.78 is 0. The standard InChI is InChI=1S/C46H51N5O4/c1-30-2-17-43(45(54)47-30)51-29-35-26-37(10-15-42(35)46(51)55)50-24-22-48(23-25-50)28-31-18-20-49(21-19-31)36-8-3-33(4-9-36)44-40(32-5-11-38(52)12-6-32)14-7-34-27-39(53)13-16-41(34)44/h3-6,8-13,15-16,26-27,31,40,43-44,52-53H,1-2,7,14,17-25,28-29H2,(H,47,54)/t40-,43?,44+/m1/s1. The van der Waals surface area contributed by atoms with Crippen LogP contribution in [0.3, 0.4) is 0 Å². The SMILES string of the molecule is C=C1CCC(N2Cc3cc(N4CCN(CC5CCN(c6ccc([C@@H]7c8ccc(O)cc8CC[C@@H]7c7ccc(O)cc7)cc6)CC5)CC4)ccc3C2=O)C(=O)N1. The first-order chi connectivity index (χ1) is 26.8. The number of fused-ring (bicyclic) bond motifs is 2. The van der Waals surface area contributed by atoms with Gasteiger partial charge < -0.3 is 30.2 Å². The van der Waals surface area contributed by atoms with Gasteiger partial charge in [0.25, 0.3) is 5.91 Å². The third-order valence-corrected chi connectivity index (χ3v) is 13.0. The van der Waals surface area contributed by atoms with E-state index in [0.717, 1.165) is 81.2 Å². The van der Waals surface area contributed by atoms with Crippen LogP contribution in [0.15, 0.2) is 97.2 Å². The predicted octanol–water partition coefficient (Wildman–Crippen LogP) is 6.75. The second-order valence-electron chi connectivity index (χ2n) is 16.3. The lowest BCUT2D eigenvalue weighted by atomic mass is 9.69. The Morgan fingerprint density at radius 2 is 1.36 bits per heavy atom. The zero-order valence-electron chi connectivity index (χ0n) is 31.5. The molecular formula is C46H51N5O4. The molecule has 0 radical (unpaired) electrons. The zero-order chi connectivity index (χ0) is 37.6. The number of carbonyl (C=O) groups is 2. The maximum Gasteiger partial charge on any atom is 0.255 e. The molecule has 3 saturated heterocycles. The average molecular weight is 738 g/mol. The quantitative estimate of drug-likeness (QED) is 0.193.